The molecule has 0 spiro atoms. The van der Waals surface area contributed by atoms with Crippen molar-refractivity contribution < 1.29 is 197 Å². The smallest absolute Gasteiger partial charge is 0 e. The first-order chi connectivity index (χ1) is 0. The Morgan fingerprint density at radius 1 is 1.00 bits per heavy atom. The van der Waals surface area contributed by atoms with Crippen molar-refractivity contribution in [2.24, 2.45) is 0 Å². The van der Waals surface area contributed by atoms with Crippen molar-refractivity contribution in [1.82, 2.24) is 0 Å². The molecule has 9 heavy (non-hydrogen) atoms. The van der Waals surface area contributed by atoms with Crippen LogP contribution in [0.25, 0.3) is 0 Å². The van der Waals surface area contributed by atoms with Crippen molar-refractivity contribution in [3.05, 3.63) is 0 Å². The van der Waals surface area contributed by atoms with Gasteiger partial charge in [0, 0.05) is 197 Å². The minimum atomic E-state index is 0. The van der Waals surface area contributed by atoms with Crippen molar-refractivity contribution in [3.8, 4) is 0 Å². The van der Waals surface area contributed by atoms with Gasteiger partial charge in [-0.2, -0.15) is 0 Å². The zero-order chi connectivity index (χ0) is 0. The summed E-state index contributed by atoms with van der Waals surface area (Å²) in [6, 6.07) is 0. The summed E-state index contributed by atoms with van der Waals surface area (Å²) in [5.41, 5.74) is 0. The Labute approximate surface area is 191 Å². The van der Waals surface area contributed by atoms with Crippen molar-refractivity contribution in [3.63, 3.8) is 0 Å². The molecule has 0 saturated carbocycles. The first kappa shape index (κ1) is 77.6. The molecule has 45 valence electrons. The molecule has 0 fully saturated rings. The van der Waals surface area contributed by atoms with Crippen LogP contribution in [0.4, 0.5) is 0 Å². The van der Waals surface area contributed by atoms with Gasteiger partial charge >= 0.3 is 0 Å². The molecule has 3 radical (unpaired) electrons. The molecule has 0 nitrogen and oxygen atoms in total. The summed E-state index contributed by atoms with van der Waals surface area (Å²) in [6.07, 6.45) is 0. The van der Waals surface area contributed by atoms with E-state index in [1.807, 2.05) is 0 Å². The van der Waals surface area contributed by atoms with Gasteiger partial charge in [-0.05, 0) is 0 Å². The van der Waals surface area contributed by atoms with Gasteiger partial charge in [0.15, 0.2) is 0 Å². The van der Waals surface area contributed by atoms with Crippen LogP contribution in [0.15, 0.2) is 0 Å². The van der Waals surface area contributed by atoms with E-state index in [9.17, 15) is 0 Å². The summed E-state index contributed by atoms with van der Waals surface area (Å²) in [7, 11) is 0. The Hall–Kier alpha value is 6.44. The SMILES string of the molecule is [Cr].[Hf].[Mo].[Nb].[Ta].[Ti].[V].[W].[Zr]. The molecule has 0 rings (SSSR count). The van der Waals surface area contributed by atoms with Crippen molar-refractivity contribution in [2.45, 2.75) is 0 Å². The predicted molar refractivity (Wildman–Crippen MR) is 0 cm³/mol. The van der Waals surface area contributed by atoms with E-state index in [2.05, 4.69) is 0 Å². The molecule has 0 aliphatic heterocycles. The molecule has 0 aliphatic carbocycles. The molecule has 0 aromatic heterocycles. The van der Waals surface area contributed by atoms with E-state index in [1.165, 1.54) is 0 Å². The average molecular weight is 974 g/mol. The Kier molecular flexibility index (Phi) is 542. The van der Waals surface area contributed by atoms with Crippen LogP contribution in [0.3, 0.4) is 0 Å². The predicted octanol–water partition coefficient (Wildman–Crippen LogP) is -0.0225. The Morgan fingerprint density at radius 3 is 1.00 bits per heavy atom. The van der Waals surface area contributed by atoms with E-state index < -0.39 is 0 Å². The molecule has 0 aromatic carbocycles. The fourth-order valence-corrected chi connectivity index (χ4v) is 0. The van der Waals surface area contributed by atoms with Crippen LogP contribution in [-0.4, -0.2) is 0 Å². The number of rotatable bonds is 0. The third kappa shape index (κ3) is 53.9. The Morgan fingerprint density at radius 2 is 1.00 bits per heavy atom. The Balaban J connectivity index is 0. The quantitative estimate of drug-likeness (QED) is 0.300. The summed E-state index contributed by atoms with van der Waals surface area (Å²) in [6.45, 7) is 0. The van der Waals surface area contributed by atoms with Gasteiger partial charge in [-0.1, -0.05) is 0 Å². The molecule has 0 aliphatic rings. The van der Waals surface area contributed by atoms with Crippen LogP contribution in [0.2, 0.25) is 0 Å². The Bertz CT molecular complexity index is 28.5. The monoisotopic (exact) mass is 976 g/mol. The van der Waals surface area contributed by atoms with Crippen molar-refractivity contribution in [2.75, 3.05) is 0 Å². The van der Waals surface area contributed by atoms with Gasteiger partial charge in [-0.25, -0.2) is 0 Å². The summed E-state index contributed by atoms with van der Waals surface area (Å²) in [5, 5.41) is 0. The second kappa shape index (κ2) is 62.9. The van der Waals surface area contributed by atoms with E-state index in [0.717, 1.165) is 0 Å². The van der Waals surface area contributed by atoms with E-state index >= 15 is 0 Å². The maximum Gasteiger partial charge on any atom is 0 e. The first-order valence-corrected chi connectivity index (χ1v) is 0. The average Bonchev–Trinajstić information content (AvgIpc) is 0. The van der Waals surface area contributed by atoms with Crippen LogP contribution in [0, 0.1) is 0 Å². The van der Waals surface area contributed by atoms with E-state index in [-0.39, 0.29) is 197 Å². The molecular formula is CrHfMoNbTaTiVWZr. The molecule has 0 atom stereocenters. The maximum absolute atomic E-state index is 0. The van der Waals surface area contributed by atoms with Gasteiger partial charge in [0.2, 0.25) is 0 Å². The third-order valence-electron chi connectivity index (χ3n) is 0. The van der Waals surface area contributed by atoms with Crippen LogP contribution in [0.1, 0.15) is 0 Å². The van der Waals surface area contributed by atoms with E-state index in [1.54, 1.807) is 0 Å². The second-order valence-corrected chi connectivity index (χ2v) is 0. The van der Waals surface area contributed by atoms with Gasteiger partial charge in [-0.15, -0.1) is 0 Å². The molecule has 0 heterocycles. The minimum Gasteiger partial charge on any atom is 0 e. The number of hydrogen-bond acceptors (Lipinski definition) is 0. The van der Waals surface area contributed by atoms with Gasteiger partial charge in [0.1, 0.15) is 0 Å². The molecule has 0 bridgehead atoms. The molecule has 0 amide bonds. The van der Waals surface area contributed by atoms with Gasteiger partial charge in [0.25, 0.3) is 0 Å². The fraction of sp³-hybridized carbons (Fsp3) is 0. The zero-order valence-electron chi connectivity index (χ0n) is 4.07. The van der Waals surface area contributed by atoms with Crippen molar-refractivity contribution in [1.29, 1.82) is 0 Å². The minimum absolute atomic E-state index is 0. The van der Waals surface area contributed by atoms with Crippen LogP contribution >= 0.6 is 0 Å². The molecule has 0 aromatic rings. The fourth-order valence-electron chi connectivity index (χ4n) is 0. The zero-order valence-corrected chi connectivity index (χ0v) is 24.7. The molecular weight excluding hydrogens is 974 g/mol. The summed E-state index contributed by atoms with van der Waals surface area (Å²) >= 11 is 0. The molecule has 0 N–H and O–H groups in total. The van der Waals surface area contributed by atoms with Gasteiger partial charge in [-0.3, -0.25) is 0 Å². The molecule has 0 saturated heterocycles. The standard InChI is InChI=1S/Cr.Hf.Mo.Nb.Ta.Ti.V.W.Zr. The van der Waals surface area contributed by atoms with Gasteiger partial charge < -0.3 is 0 Å². The van der Waals surface area contributed by atoms with E-state index in [4.69, 9.17) is 0 Å². The topological polar surface area (TPSA) is 0 Å². The van der Waals surface area contributed by atoms with Crippen LogP contribution in [0.5, 0.6) is 0 Å². The first-order valence-electron chi connectivity index (χ1n) is 0. The van der Waals surface area contributed by atoms with Gasteiger partial charge in [0.05, 0.1) is 0 Å². The normalized spacial score (nSPS) is 0. The molecule has 9 heteroatoms. The summed E-state index contributed by atoms with van der Waals surface area (Å²) < 4.78 is 0. The third-order valence-corrected chi connectivity index (χ3v) is 0. The molecule has 0 unspecified atom stereocenters. The summed E-state index contributed by atoms with van der Waals surface area (Å²) in [5.74, 6) is 0. The summed E-state index contributed by atoms with van der Waals surface area (Å²) in [4.78, 5) is 0. The second-order valence-electron chi connectivity index (χ2n) is 0. The van der Waals surface area contributed by atoms with E-state index in [0.29, 0.717) is 0 Å². The largest absolute Gasteiger partial charge is 0 e. The maximum atomic E-state index is 0. The number of hydrogen-bond donors (Lipinski definition) is 0. The van der Waals surface area contributed by atoms with Crippen LogP contribution < -0.4 is 0 Å². The van der Waals surface area contributed by atoms with Crippen molar-refractivity contribution >= 4 is 0 Å². The van der Waals surface area contributed by atoms with Crippen LogP contribution in [-0.2, 0) is 197 Å².